The van der Waals surface area contributed by atoms with Crippen LogP contribution in [0.2, 0.25) is 0 Å². The second kappa shape index (κ2) is 3.41. The molecule has 1 nitrogen and oxygen atoms in total. The van der Waals surface area contributed by atoms with Crippen molar-refractivity contribution in [3.8, 4) is 5.75 Å². The zero-order valence-electron chi connectivity index (χ0n) is 8.09. The maximum absolute atomic E-state index is 9.39. The maximum Gasteiger partial charge on any atom is 0.118 e. The van der Waals surface area contributed by atoms with Gasteiger partial charge in [0.1, 0.15) is 5.75 Å². The van der Waals surface area contributed by atoms with Crippen molar-refractivity contribution >= 4 is 0 Å². The monoisotopic (exact) mass is 176 g/mol. The van der Waals surface area contributed by atoms with Crippen LogP contribution in [0.15, 0.2) is 18.2 Å². The lowest BCUT2D eigenvalue weighted by molar-refractivity contribution is 0.470. The van der Waals surface area contributed by atoms with E-state index in [4.69, 9.17) is 0 Å². The Hall–Kier alpha value is -0.980. The van der Waals surface area contributed by atoms with Gasteiger partial charge in [-0.3, -0.25) is 0 Å². The number of aryl methyl sites for hydroxylation is 1. The summed E-state index contributed by atoms with van der Waals surface area (Å²) in [5.41, 5.74) is 2.41. The van der Waals surface area contributed by atoms with Gasteiger partial charge in [-0.05, 0) is 42.9 Å². The highest BCUT2D eigenvalue weighted by Gasteiger charge is 2.17. The molecule has 2 rings (SSSR count). The topological polar surface area (TPSA) is 20.2 Å². The van der Waals surface area contributed by atoms with Crippen LogP contribution in [0.25, 0.3) is 0 Å². The number of hydrogen-bond donors (Lipinski definition) is 1. The third kappa shape index (κ3) is 1.69. The van der Waals surface area contributed by atoms with Crippen LogP contribution >= 0.6 is 0 Å². The van der Waals surface area contributed by atoms with Crippen molar-refractivity contribution in [2.24, 2.45) is 0 Å². The van der Waals surface area contributed by atoms with Crippen molar-refractivity contribution in [2.45, 2.75) is 38.5 Å². The summed E-state index contributed by atoms with van der Waals surface area (Å²) >= 11 is 0. The first-order valence-corrected chi connectivity index (χ1v) is 5.07. The van der Waals surface area contributed by atoms with Crippen LogP contribution in [-0.2, 0) is 0 Å². The van der Waals surface area contributed by atoms with Crippen LogP contribution in [0.1, 0.15) is 42.7 Å². The first kappa shape index (κ1) is 8.61. The van der Waals surface area contributed by atoms with E-state index in [9.17, 15) is 5.11 Å². The SMILES string of the molecule is Cc1cc(C2CCCC2)ccc1O. The van der Waals surface area contributed by atoms with Gasteiger partial charge in [-0.1, -0.05) is 25.0 Å². The van der Waals surface area contributed by atoms with Crippen LogP contribution in [0, 0.1) is 6.92 Å². The summed E-state index contributed by atoms with van der Waals surface area (Å²) < 4.78 is 0. The Morgan fingerprint density at radius 2 is 1.92 bits per heavy atom. The van der Waals surface area contributed by atoms with Crippen molar-refractivity contribution in [3.63, 3.8) is 0 Å². The molecule has 1 saturated carbocycles. The molecule has 0 amide bonds. The summed E-state index contributed by atoms with van der Waals surface area (Å²) in [6.07, 6.45) is 5.38. The van der Waals surface area contributed by atoms with Crippen LogP contribution in [0.3, 0.4) is 0 Å². The molecule has 13 heavy (non-hydrogen) atoms. The third-order valence-electron chi connectivity index (χ3n) is 3.05. The number of rotatable bonds is 1. The lowest BCUT2D eigenvalue weighted by atomic mass is 9.96. The summed E-state index contributed by atoms with van der Waals surface area (Å²) in [4.78, 5) is 0. The molecular formula is C12H16O. The van der Waals surface area contributed by atoms with Crippen molar-refractivity contribution in [3.05, 3.63) is 29.3 Å². The fourth-order valence-electron chi connectivity index (χ4n) is 2.19. The van der Waals surface area contributed by atoms with Gasteiger partial charge in [0.2, 0.25) is 0 Å². The molecule has 0 bridgehead atoms. The lowest BCUT2D eigenvalue weighted by Gasteiger charge is -2.10. The zero-order valence-corrected chi connectivity index (χ0v) is 8.09. The van der Waals surface area contributed by atoms with Gasteiger partial charge in [-0.25, -0.2) is 0 Å². The molecule has 0 aromatic heterocycles. The Bertz CT molecular complexity index is 298. The molecule has 0 spiro atoms. The lowest BCUT2D eigenvalue weighted by Crippen LogP contribution is -1.92. The summed E-state index contributed by atoms with van der Waals surface area (Å²) in [6.45, 7) is 1.97. The highest BCUT2D eigenvalue weighted by Crippen LogP contribution is 2.35. The maximum atomic E-state index is 9.39. The highest BCUT2D eigenvalue weighted by molar-refractivity contribution is 5.36. The summed E-state index contributed by atoms with van der Waals surface area (Å²) in [6, 6.07) is 6.02. The summed E-state index contributed by atoms with van der Waals surface area (Å²) in [5, 5.41) is 9.39. The van der Waals surface area contributed by atoms with Gasteiger partial charge < -0.3 is 5.11 Å². The number of hydrogen-bond acceptors (Lipinski definition) is 1. The number of benzene rings is 1. The number of aromatic hydroxyl groups is 1. The third-order valence-corrected chi connectivity index (χ3v) is 3.05. The van der Waals surface area contributed by atoms with E-state index in [1.165, 1.54) is 31.2 Å². The minimum absolute atomic E-state index is 0.418. The molecule has 1 heteroatoms. The average molecular weight is 176 g/mol. The molecule has 1 aliphatic rings. The van der Waals surface area contributed by atoms with E-state index >= 15 is 0 Å². The van der Waals surface area contributed by atoms with Crippen LogP contribution in [-0.4, -0.2) is 5.11 Å². The Labute approximate surface area is 79.4 Å². The van der Waals surface area contributed by atoms with Gasteiger partial charge in [0.15, 0.2) is 0 Å². The summed E-state index contributed by atoms with van der Waals surface area (Å²) in [5.74, 6) is 1.17. The van der Waals surface area contributed by atoms with Crippen LogP contribution in [0.5, 0.6) is 5.75 Å². The quantitative estimate of drug-likeness (QED) is 0.695. The van der Waals surface area contributed by atoms with E-state index < -0.39 is 0 Å². The first-order chi connectivity index (χ1) is 6.27. The second-order valence-corrected chi connectivity index (χ2v) is 4.03. The van der Waals surface area contributed by atoms with E-state index in [-0.39, 0.29) is 0 Å². The largest absolute Gasteiger partial charge is 0.508 e. The minimum Gasteiger partial charge on any atom is -0.508 e. The molecule has 0 heterocycles. The molecule has 0 atom stereocenters. The number of phenolic OH excluding ortho intramolecular Hbond substituents is 1. The van der Waals surface area contributed by atoms with Gasteiger partial charge in [-0.2, -0.15) is 0 Å². The van der Waals surface area contributed by atoms with E-state index in [2.05, 4.69) is 12.1 Å². The highest BCUT2D eigenvalue weighted by atomic mass is 16.3. The van der Waals surface area contributed by atoms with Crippen molar-refractivity contribution in [1.29, 1.82) is 0 Å². The van der Waals surface area contributed by atoms with Gasteiger partial charge in [-0.15, -0.1) is 0 Å². The van der Waals surface area contributed by atoms with Crippen LogP contribution in [0.4, 0.5) is 0 Å². The van der Waals surface area contributed by atoms with Crippen molar-refractivity contribution in [2.75, 3.05) is 0 Å². The molecule has 1 N–H and O–H groups in total. The van der Waals surface area contributed by atoms with E-state index in [1.54, 1.807) is 0 Å². The van der Waals surface area contributed by atoms with Crippen molar-refractivity contribution in [1.82, 2.24) is 0 Å². The Morgan fingerprint density at radius 3 is 2.54 bits per heavy atom. The molecular weight excluding hydrogens is 160 g/mol. The zero-order chi connectivity index (χ0) is 9.26. The Balaban J connectivity index is 2.25. The van der Waals surface area contributed by atoms with Gasteiger partial charge in [0.05, 0.1) is 0 Å². The molecule has 1 fully saturated rings. The molecule has 70 valence electrons. The molecule has 0 saturated heterocycles. The first-order valence-electron chi connectivity index (χ1n) is 5.07. The molecule has 0 unspecified atom stereocenters. The standard InChI is InChI=1S/C12H16O/c1-9-8-11(6-7-12(9)13)10-4-2-3-5-10/h6-8,10,13H,2-5H2,1H3. The minimum atomic E-state index is 0.418. The van der Waals surface area contributed by atoms with Crippen LogP contribution < -0.4 is 0 Å². The fourth-order valence-corrected chi connectivity index (χ4v) is 2.19. The molecule has 0 radical (unpaired) electrons. The predicted octanol–water partition coefficient (Wildman–Crippen LogP) is 3.36. The van der Waals surface area contributed by atoms with Gasteiger partial charge in [0.25, 0.3) is 0 Å². The van der Waals surface area contributed by atoms with E-state index in [1.807, 2.05) is 13.0 Å². The normalized spacial score (nSPS) is 17.9. The Morgan fingerprint density at radius 1 is 1.23 bits per heavy atom. The smallest absolute Gasteiger partial charge is 0.118 e. The molecule has 1 aliphatic carbocycles. The summed E-state index contributed by atoms with van der Waals surface area (Å²) in [7, 11) is 0. The van der Waals surface area contributed by atoms with Gasteiger partial charge >= 0.3 is 0 Å². The van der Waals surface area contributed by atoms with E-state index in [0.29, 0.717) is 5.75 Å². The average Bonchev–Trinajstić information content (AvgIpc) is 2.62. The Kier molecular flexibility index (Phi) is 2.26. The van der Waals surface area contributed by atoms with Crippen molar-refractivity contribution < 1.29 is 5.11 Å². The van der Waals surface area contributed by atoms with Gasteiger partial charge in [0, 0.05) is 0 Å². The fraction of sp³-hybridized carbons (Fsp3) is 0.500. The predicted molar refractivity (Wildman–Crippen MR) is 54.1 cm³/mol. The molecule has 1 aromatic carbocycles. The second-order valence-electron chi connectivity index (χ2n) is 4.03. The molecule has 0 aliphatic heterocycles. The number of phenols is 1. The molecule has 1 aromatic rings. The van der Waals surface area contributed by atoms with E-state index in [0.717, 1.165) is 11.5 Å².